The van der Waals surface area contributed by atoms with Gasteiger partial charge in [-0.05, 0) is 165 Å². The maximum Gasteiger partial charge on any atom is 0.140 e. The van der Waals surface area contributed by atoms with Crippen LogP contribution in [-0.4, -0.2) is 74.0 Å². The number of rotatable bonds is 6. The number of benzene rings is 5. The van der Waals surface area contributed by atoms with Gasteiger partial charge in [-0.15, -0.1) is 0 Å². The van der Waals surface area contributed by atoms with E-state index in [2.05, 4.69) is 161 Å². The van der Waals surface area contributed by atoms with Crippen LogP contribution in [0.1, 0.15) is 39.6 Å². The third kappa shape index (κ3) is 15.2. The fourth-order valence-electron chi connectivity index (χ4n) is 12.0. The van der Waals surface area contributed by atoms with Crippen LogP contribution < -0.4 is 9.47 Å². The van der Waals surface area contributed by atoms with Crippen LogP contribution in [0.3, 0.4) is 0 Å². The molecule has 5 aromatic carbocycles. The van der Waals surface area contributed by atoms with Crippen LogP contribution in [0.25, 0.3) is 122 Å². The van der Waals surface area contributed by atoms with Crippen LogP contribution in [0.15, 0.2) is 286 Å². The van der Waals surface area contributed by atoms with E-state index in [0.717, 1.165) is 141 Å². The van der Waals surface area contributed by atoms with E-state index in [0.29, 0.717) is 0 Å². The molecule has 1 aliphatic carbocycles. The molecular formula is C86H70N12O2. The van der Waals surface area contributed by atoms with Gasteiger partial charge in [0.2, 0.25) is 0 Å². The number of fused-ring (bicyclic) bond motifs is 10. The molecule has 12 aromatic heterocycles. The molecule has 12 heterocycles. The van der Waals surface area contributed by atoms with Gasteiger partial charge in [0.25, 0.3) is 0 Å². The first kappa shape index (κ1) is 65.7. The summed E-state index contributed by atoms with van der Waals surface area (Å²) >= 11 is 0. The summed E-state index contributed by atoms with van der Waals surface area (Å²) in [5.74, 6) is 1.59. The maximum atomic E-state index is 5.32. The number of aryl methyl sites for hydroxylation is 5. The lowest BCUT2D eigenvalue weighted by molar-refractivity contribution is 0.410. The van der Waals surface area contributed by atoms with E-state index in [9.17, 15) is 0 Å². The Morgan fingerprint density at radius 1 is 0.260 bits per heavy atom. The molecule has 18 rings (SSSR count). The SMILES string of the molecule is COc1cc2ccc3cc(OC)c(C)nc3c2nc1C.Cc1cccc(-c2ccc3ccccc3n2)n1.Cc1nc(-c2cc3ccccc3c(C)n2)cc2ccccc12.c1ccc(-c2ccccn2)nc1.c1ccc(-c2nccc3ccccc23)nc1.c1cnc2c(c1)Cc1cccnc1-2. The van der Waals surface area contributed by atoms with Crippen molar-refractivity contribution >= 4 is 65.0 Å². The minimum Gasteiger partial charge on any atom is -0.495 e. The Balaban J connectivity index is 0.000000109. The van der Waals surface area contributed by atoms with Crippen LogP contribution in [0, 0.1) is 34.6 Å². The Morgan fingerprint density at radius 3 is 1.22 bits per heavy atom. The Bertz CT molecular complexity index is 5470. The van der Waals surface area contributed by atoms with Crippen molar-refractivity contribution in [3.63, 3.8) is 0 Å². The summed E-state index contributed by atoms with van der Waals surface area (Å²) in [5, 5.41) is 10.3. The summed E-state index contributed by atoms with van der Waals surface area (Å²) in [6.45, 7) is 9.98. The third-order valence-corrected chi connectivity index (χ3v) is 16.9. The Kier molecular flexibility index (Phi) is 20.3. The second-order valence-corrected chi connectivity index (χ2v) is 23.7. The zero-order valence-corrected chi connectivity index (χ0v) is 56.5. The zero-order chi connectivity index (χ0) is 68.7. The van der Waals surface area contributed by atoms with E-state index in [1.54, 1.807) is 32.8 Å². The number of pyridine rings is 12. The lowest BCUT2D eigenvalue weighted by Gasteiger charge is -2.10. The topological polar surface area (TPSA) is 173 Å². The largest absolute Gasteiger partial charge is 0.495 e. The summed E-state index contributed by atoms with van der Waals surface area (Å²) in [4.78, 5) is 53.7. The smallest absolute Gasteiger partial charge is 0.140 e. The van der Waals surface area contributed by atoms with Crippen LogP contribution in [0.4, 0.5) is 0 Å². The molecule has 0 amide bonds. The molecule has 0 aliphatic heterocycles. The van der Waals surface area contributed by atoms with Crippen molar-refractivity contribution in [1.82, 2.24) is 59.8 Å². The highest BCUT2D eigenvalue weighted by Gasteiger charge is 2.20. The number of hydrogen-bond donors (Lipinski definition) is 0. The Hall–Kier alpha value is -12.9. The van der Waals surface area contributed by atoms with E-state index in [4.69, 9.17) is 19.4 Å². The average molecular weight is 1300 g/mol. The van der Waals surface area contributed by atoms with Crippen molar-refractivity contribution in [3.05, 3.63) is 325 Å². The van der Waals surface area contributed by atoms with Gasteiger partial charge in [0.15, 0.2) is 0 Å². The van der Waals surface area contributed by atoms with Gasteiger partial charge in [-0.1, -0.05) is 146 Å². The van der Waals surface area contributed by atoms with Gasteiger partial charge in [0.1, 0.15) is 11.5 Å². The molecule has 486 valence electrons. The molecule has 17 aromatic rings. The minimum atomic E-state index is 0.794. The summed E-state index contributed by atoms with van der Waals surface area (Å²) in [5.41, 5.74) is 19.7. The number of methoxy groups -OCH3 is 2. The number of ether oxygens (including phenoxy) is 2. The normalized spacial score (nSPS) is 10.9. The van der Waals surface area contributed by atoms with Crippen molar-refractivity contribution in [2.45, 2.75) is 41.0 Å². The van der Waals surface area contributed by atoms with E-state index in [-0.39, 0.29) is 0 Å². The molecule has 1 aliphatic rings. The molecule has 0 spiro atoms. The highest BCUT2D eigenvalue weighted by molar-refractivity contribution is 6.04. The standard InChI is InChI=1S/C20H16N2.C16H16N2O2.C15H12N2.C14H10N2.C11H8N2.C10H8N2/c1-13-17-9-5-3-7-15(17)11-19(21-13)20-12-16-8-4-6-10-18(16)14(2)22-20;1-9-13(19-3)7-11-5-6-12-8-14(20-4)10(2)18-16(12)15(11)17-9;1-11-5-4-8-14(16-11)15-10-9-12-6-2-3-7-13(12)17-15;1-2-6-12-11(5-1)8-10-16-14(12)13-7-3-4-9-15-13;1-3-8-7-9-4-2-6-13-11(9)10(8)12-5-1;1-3-7-11-9(5-1)10-6-2-4-8-12-10/h3-12H,1-2H3;5-8H,1-4H3;2-10H,1H3;1-10H;1-6H,7H2;1-8H. The lowest BCUT2D eigenvalue weighted by Crippen LogP contribution is -1.95. The first-order valence-corrected chi connectivity index (χ1v) is 32.8. The monoisotopic (exact) mass is 1300 g/mol. The second kappa shape index (κ2) is 30.9. The van der Waals surface area contributed by atoms with Crippen molar-refractivity contribution in [3.8, 4) is 68.4 Å². The summed E-state index contributed by atoms with van der Waals surface area (Å²) in [6.07, 6.45) is 11.8. The quantitative estimate of drug-likeness (QED) is 0.144. The molecule has 0 N–H and O–H groups in total. The van der Waals surface area contributed by atoms with Gasteiger partial charge in [0, 0.05) is 93.0 Å². The molecular weight excluding hydrogens is 1230 g/mol. The molecule has 0 atom stereocenters. The van der Waals surface area contributed by atoms with Crippen molar-refractivity contribution in [1.29, 1.82) is 0 Å². The molecule has 14 heteroatoms. The van der Waals surface area contributed by atoms with Crippen LogP contribution in [0.5, 0.6) is 11.5 Å². The van der Waals surface area contributed by atoms with Gasteiger partial charge in [-0.2, -0.15) is 0 Å². The predicted octanol–water partition coefficient (Wildman–Crippen LogP) is 19.6. The summed E-state index contributed by atoms with van der Waals surface area (Å²) in [7, 11) is 3.31. The highest BCUT2D eigenvalue weighted by Crippen LogP contribution is 2.34. The van der Waals surface area contributed by atoms with E-state index < -0.39 is 0 Å². The number of aromatic nitrogens is 12. The van der Waals surface area contributed by atoms with Gasteiger partial charge in [-0.25, -0.2) is 15.0 Å². The second-order valence-electron chi connectivity index (χ2n) is 23.7. The number of hydrogen-bond acceptors (Lipinski definition) is 14. The lowest BCUT2D eigenvalue weighted by atomic mass is 10.1. The minimum absolute atomic E-state index is 0.794. The fourth-order valence-corrected chi connectivity index (χ4v) is 12.0. The molecule has 0 saturated carbocycles. The number of nitrogens with zero attached hydrogens (tertiary/aromatic N) is 12. The van der Waals surface area contributed by atoms with Crippen molar-refractivity contribution < 1.29 is 9.47 Å². The van der Waals surface area contributed by atoms with E-state index in [1.807, 2.05) is 191 Å². The van der Waals surface area contributed by atoms with Gasteiger partial charge >= 0.3 is 0 Å². The number of para-hydroxylation sites is 1. The fraction of sp³-hybridized carbons (Fsp3) is 0.0930. The molecule has 0 fully saturated rings. The van der Waals surface area contributed by atoms with Gasteiger partial charge in [0.05, 0.1) is 99.1 Å². The van der Waals surface area contributed by atoms with E-state index >= 15 is 0 Å². The maximum absolute atomic E-state index is 5.32. The van der Waals surface area contributed by atoms with Crippen LogP contribution in [-0.2, 0) is 6.42 Å². The van der Waals surface area contributed by atoms with Crippen molar-refractivity contribution in [2.75, 3.05) is 14.2 Å². The average Bonchev–Trinajstić information content (AvgIpc) is 0.956. The summed E-state index contributed by atoms with van der Waals surface area (Å²) in [6, 6.07) is 83.1. The first-order valence-electron chi connectivity index (χ1n) is 32.8. The van der Waals surface area contributed by atoms with Gasteiger partial charge in [-0.3, -0.25) is 44.9 Å². The molecule has 100 heavy (non-hydrogen) atoms. The Morgan fingerprint density at radius 2 is 0.700 bits per heavy atom. The summed E-state index contributed by atoms with van der Waals surface area (Å²) < 4.78 is 10.6. The highest BCUT2D eigenvalue weighted by atomic mass is 16.5. The predicted molar refractivity (Wildman–Crippen MR) is 404 cm³/mol. The Labute approximate surface area is 580 Å². The first-order chi connectivity index (χ1) is 49.0. The van der Waals surface area contributed by atoms with Crippen LogP contribution in [0.2, 0.25) is 0 Å². The zero-order valence-electron chi connectivity index (χ0n) is 56.5. The molecule has 0 unspecified atom stereocenters. The molecule has 0 bridgehead atoms. The van der Waals surface area contributed by atoms with Gasteiger partial charge < -0.3 is 9.47 Å². The molecule has 14 nitrogen and oxygen atoms in total. The molecule has 0 radical (unpaired) electrons. The van der Waals surface area contributed by atoms with Crippen molar-refractivity contribution in [2.24, 2.45) is 0 Å². The van der Waals surface area contributed by atoms with Crippen LogP contribution >= 0.6 is 0 Å². The molecule has 0 saturated heterocycles. The third-order valence-electron chi connectivity index (χ3n) is 16.9. The van der Waals surface area contributed by atoms with E-state index in [1.165, 1.54) is 38.1 Å².